The van der Waals surface area contributed by atoms with Gasteiger partial charge >= 0.3 is 0 Å². The number of hydrogen-bond donors (Lipinski definition) is 2. The number of nitriles is 2. The van der Waals surface area contributed by atoms with Gasteiger partial charge in [-0.05, 0) is 69.9 Å². The number of nitrogens with zero attached hydrogens (tertiary/aromatic N) is 4. The van der Waals surface area contributed by atoms with Crippen LogP contribution in [0.3, 0.4) is 0 Å². The summed E-state index contributed by atoms with van der Waals surface area (Å²) in [4.78, 5) is 29.7. The first kappa shape index (κ1) is 22.9. The van der Waals surface area contributed by atoms with Crippen LogP contribution in [0.15, 0.2) is 24.3 Å². The minimum Gasteiger partial charge on any atom is -0.360 e. The Morgan fingerprint density at radius 3 is 1.61 bits per heavy atom. The van der Waals surface area contributed by atoms with Gasteiger partial charge in [0.25, 0.3) is 0 Å². The molecule has 4 rings (SSSR count). The van der Waals surface area contributed by atoms with Crippen molar-refractivity contribution in [2.24, 2.45) is 11.8 Å². The van der Waals surface area contributed by atoms with Crippen molar-refractivity contribution in [3.63, 3.8) is 0 Å². The third kappa shape index (κ3) is 5.06. The molecule has 8 nitrogen and oxygen atoms in total. The summed E-state index contributed by atoms with van der Waals surface area (Å²) in [7, 11) is 0. The van der Waals surface area contributed by atoms with Gasteiger partial charge in [0, 0.05) is 13.1 Å². The Hall–Kier alpha value is -3.26. The molecular weight excluding hydrogens is 416 g/mol. The number of rotatable bonds is 8. The van der Waals surface area contributed by atoms with Crippen molar-refractivity contribution in [1.29, 1.82) is 10.5 Å². The lowest BCUT2D eigenvalue weighted by Crippen LogP contribution is -2.50. The summed E-state index contributed by atoms with van der Waals surface area (Å²) < 4.78 is 0. The molecule has 1 aromatic rings. The molecule has 33 heavy (non-hydrogen) atoms. The number of para-hydroxylation sites is 2. The molecule has 2 saturated carbocycles. The summed E-state index contributed by atoms with van der Waals surface area (Å²) in [6, 6.07) is 12.3. The van der Waals surface area contributed by atoms with Gasteiger partial charge in [0.15, 0.2) is 0 Å². The van der Waals surface area contributed by atoms with Crippen molar-refractivity contribution in [2.45, 2.75) is 57.0 Å². The normalized spacial score (nSPS) is 21.3. The first-order valence-corrected chi connectivity index (χ1v) is 11.8. The Balaban J connectivity index is 1.45. The van der Waals surface area contributed by atoms with E-state index in [2.05, 4.69) is 22.8 Å². The monoisotopic (exact) mass is 448 g/mol. The van der Waals surface area contributed by atoms with Crippen molar-refractivity contribution >= 4 is 23.2 Å². The molecule has 3 aliphatic rings. The second-order valence-electron chi connectivity index (χ2n) is 9.96. The number of benzene rings is 1. The molecule has 0 saturated heterocycles. The molecule has 0 aromatic heterocycles. The molecule has 1 heterocycles. The van der Waals surface area contributed by atoms with Crippen LogP contribution in [0.2, 0.25) is 0 Å². The van der Waals surface area contributed by atoms with Gasteiger partial charge in [-0.15, -0.1) is 0 Å². The number of anilines is 2. The standard InChI is InChI=1S/C25H32N6O2/c1-24(16-26,18-8-9-18)28-22(32)14-30-12-5-13-31(21-7-4-3-6-20(21)30)15-23(33)29-25(2,17-27)19-10-11-19/h3-4,6-7,18-19H,5,8-15H2,1-2H3,(H,28,32)(H,29,33). The molecule has 1 aliphatic heterocycles. The van der Waals surface area contributed by atoms with Crippen molar-refractivity contribution in [3.05, 3.63) is 24.3 Å². The maximum Gasteiger partial charge on any atom is 0.240 e. The third-order valence-electron chi connectivity index (χ3n) is 7.14. The number of carbonyl (C=O) groups excluding carboxylic acids is 2. The lowest BCUT2D eigenvalue weighted by molar-refractivity contribution is -0.122. The van der Waals surface area contributed by atoms with Crippen molar-refractivity contribution < 1.29 is 9.59 Å². The molecule has 2 unspecified atom stereocenters. The summed E-state index contributed by atoms with van der Waals surface area (Å²) in [5, 5.41) is 25.0. The van der Waals surface area contributed by atoms with Crippen LogP contribution in [0.5, 0.6) is 0 Å². The van der Waals surface area contributed by atoms with Gasteiger partial charge in [-0.1, -0.05) is 12.1 Å². The first-order chi connectivity index (χ1) is 15.8. The van der Waals surface area contributed by atoms with E-state index in [1.807, 2.05) is 34.1 Å². The highest BCUT2D eigenvalue weighted by Gasteiger charge is 2.44. The summed E-state index contributed by atoms with van der Waals surface area (Å²) in [5.41, 5.74) is 0.157. The van der Waals surface area contributed by atoms with E-state index in [9.17, 15) is 20.1 Å². The minimum absolute atomic E-state index is 0.162. The van der Waals surface area contributed by atoms with Gasteiger partial charge in [0.05, 0.1) is 36.6 Å². The molecule has 2 amide bonds. The summed E-state index contributed by atoms with van der Waals surface area (Å²) in [6.07, 6.45) is 4.67. The van der Waals surface area contributed by atoms with E-state index in [0.29, 0.717) is 13.1 Å². The quantitative estimate of drug-likeness (QED) is 0.631. The maximum absolute atomic E-state index is 12.8. The Morgan fingerprint density at radius 2 is 1.27 bits per heavy atom. The smallest absolute Gasteiger partial charge is 0.240 e. The zero-order valence-electron chi connectivity index (χ0n) is 19.4. The Labute approximate surface area is 195 Å². The highest BCUT2D eigenvalue weighted by Crippen LogP contribution is 2.40. The van der Waals surface area contributed by atoms with Gasteiger partial charge in [0.2, 0.25) is 11.8 Å². The zero-order chi connectivity index (χ0) is 23.6. The van der Waals surface area contributed by atoms with Crippen molar-refractivity contribution in [3.8, 4) is 12.1 Å². The van der Waals surface area contributed by atoms with E-state index in [-0.39, 0.29) is 36.7 Å². The zero-order valence-corrected chi connectivity index (χ0v) is 19.4. The van der Waals surface area contributed by atoms with Crippen molar-refractivity contribution in [2.75, 3.05) is 36.0 Å². The first-order valence-electron chi connectivity index (χ1n) is 11.8. The molecule has 0 spiro atoms. The fraction of sp³-hybridized carbons (Fsp3) is 0.600. The van der Waals surface area contributed by atoms with Gasteiger partial charge < -0.3 is 20.4 Å². The minimum atomic E-state index is -0.818. The molecule has 0 bridgehead atoms. The van der Waals surface area contributed by atoms with Crippen LogP contribution in [0.25, 0.3) is 0 Å². The number of fused-ring (bicyclic) bond motifs is 1. The fourth-order valence-corrected chi connectivity index (χ4v) is 4.79. The molecule has 2 atom stereocenters. The van der Waals surface area contributed by atoms with Crippen LogP contribution < -0.4 is 20.4 Å². The molecule has 2 N–H and O–H groups in total. The summed E-state index contributed by atoms with van der Waals surface area (Å²) in [5.74, 6) is 0.126. The van der Waals surface area contributed by atoms with Crippen LogP contribution in [0.4, 0.5) is 11.4 Å². The summed E-state index contributed by atoms with van der Waals surface area (Å²) in [6.45, 7) is 5.27. The highest BCUT2D eigenvalue weighted by atomic mass is 16.2. The fourth-order valence-electron chi connectivity index (χ4n) is 4.79. The van der Waals surface area contributed by atoms with E-state index >= 15 is 0 Å². The number of hydrogen-bond acceptors (Lipinski definition) is 6. The number of carbonyl (C=O) groups is 2. The topological polar surface area (TPSA) is 112 Å². The van der Waals surface area contributed by atoms with Crippen molar-refractivity contribution in [1.82, 2.24) is 10.6 Å². The van der Waals surface area contributed by atoms with Gasteiger partial charge in [-0.25, -0.2) is 0 Å². The van der Waals surface area contributed by atoms with Gasteiger partial charge in [-0.3, -0.25) is 9.59 Å². The summed E-state index contributed by atoms with van der Waals surface area (Å²) >= 11 is 0. The average Bonchev–Trinajstić information content (AvgIpc) is 3.67. The lowest BCUT2D eigenvalue weighted by atomic mass is 9.98. The predicted molar refractivity (Wildman–Crippen MR) is 125 cm³/mol. The van der Waals surface area contributed by atoms with E-state index < -0.39 is 11.1 Å². The second-order valence-corrected chi connectivity index (χ2v) is 9.96. The third-order valence-corrected chi connectivity index (χ3v) is 7.14. The Kier molecular flexibility index (Phi) is 6.21. The van der Waals surface area contributed by atoms with Crippen LogP contribution in [-0.4, -0.2) is 49.1 Å². The SMILES string of the molecule is CC(C#N)(NC(=O)CN1CCCN(CC(=O)NC(C)(C#N)C2CC2)c2ccccc21)C1CC1. The molecule has 2 fully saturated rings. The largest absolute Gasteiger partial charge is 0.360 e. The van der Waals surface area contributed by atoms with E-state index in [4.69, 9.17) is 0 Å². The van der Waals surface area contributed by atoms with E-state index in [1.165, 1.54) is 0 Å². The lowest BCUT2D eigenvalue weighted by Gasteiger charge is -2.30. The molecular formula is C25H32N6O2. The Bertz CT molecular complexity index is 926. The van der Waals surface area contributed by atoms with E-state index in [0.717, 1.165) is 43.5 Å². The maximum atomic E-state index is 12.8. The Morgan fingerprint density at radius 1 is 0.879 bits per heavy atom. The molecule has 2 aliphatic carbocycles. The molecule has 8 heteroatoms. The number of nitrogens with one attached hydrogen (secondary N) is 2. The predicted octanol–water partition coefficient (Wildman–Crippen LogP) is 2.32. The number of amides is 2. The van der Waals surface area contributed by atoms with Gasteiger partial charge in [0.1, 0.15) is 11.1 Å². The molecule has 0 radical (unpaired) electrons. The van der Waals surface area contributed by atoms with E-state index in [1.54, 1.807) is 13.8 Å². The second kappa shape index (κ2) is 8.94. The van der Waals surface area contributed by atoms with Crippen LogP contribution in [0.1, 0.15) is 46.0 Å². The average molecular weight is 449 g/mol. The molecule has 174 valence electrons. The van der Waals surface area contributed by atoms with Crippen LogP contribution >= 0.6 is 0 Å². The molecule has 1 aromatic carbocycles. The highest BCUT2D eigenvalue weighted by molar-refractivity contribution is 5.87. The van der Waals surface area contributed by atoms with Crippen LogP contribution in [0, 0.1) is 34.5 Å². The van der Waals surface area contributed by atoms with Gasteiger partial charge in [-0.2, -0.15) is 10.5 Å². The van der Waals surface area contributed by atoms with Crippen LogP contribution in [-0.2, 0) is 9.59 Å².